The molecule has 1 fully saturated rings. The summed E-state index contributed by atoms with van der Waals surface area (Å²) in [6.45, 7) is 3.29. The lowest BCUT2D eigenvalue weighted by atomic mass is 10.2. The van der Waals surface area contributed by atoms with Crippen LogP contribution in [0.3, 0.4) is 0 Å². The number of hydrogen-bond donors (Lipinski definition) is 1. The Bertz CT molecular complexity index is 72.6. The molecule has 1 saturated heterocycles. The molecule has 0 saturated carbocycles. The van der Waals surface area contributed by atoms with Gasteiger partial charge in [-0.1, -0.05) is 0 Å². The molecule has 0 aromatic rings. The second kappa shape index (κ2) is 2.03. The fourth-order valence-corrected chi connectivity index (χ4v) is 1.24. The van der Waals surface area contributed by atoms with Crippen molar-refractivity contribution in [2.24, 2.45) is 5.73 Å². The van der Waals surface area contributed by atoms with Gasteiger partial charge in [-0.3, -0.25) is 0 Å². The Hall–Kier alpha value is -0.0800. The van der Waals surface area contributed by atoms with Gasteiger partial charge in [0, 0.05) is 18.6 Å². The summed E-state index contributed by atoms with van der Waals surface area (Å²) in [7, 11) is 2.12. The van der Waals surface area contributed by atoms with Gasteiger partial charge in [0.1, 0.15) is 0 Å². The van der Waals surface area contributed by atoms with Gasteiger partial charge in [-0.2, -0.15) is 0 Å². The molecule has 0 radical (unpaired) electrons. The minimum Gasteiger partial charge on any atom is -0.326 e. The summed E-state index contributed by atoms with van der Waals surface area (Å²) in [5.41, 5.74) is 5.67. The van der Waals surface area contributed by atoms with E-state index in [0.29, 0.717) is 12.1 Å². The molecule has 8 heavy (non-hydrogen) atoms. The van der Waals surface area contributed by atoms with Gasteiger partial charge in [-0.05, 0) is 20.4 Å². The lowest BCUT2D eigenvalue weighted by Crippen LogP contribution is -2.24. The topological polar surface area (TPSA) is 29.3 Å². The van der Waals surface area contributed by atoms with Crippen molar-refractivity contribution in [3.05, 3.63) is 0 Å². The summed E-state index contributed by atoms with van der Waals surface area (Å²) in [5, 5.41) is 0. The van der Waals surface area contributed by atoms with Crippen LogP contribution in [0.15, 0.2) is 0 Å². The summed E-state index contributed by atoms with van der Waals surface area (Å²) in [5.74, 6) is 0. The van der Waals surface area contributed by atoms with Crippen molar-refractivity contribution >= 4 is 0 Å². The van der Waals surface area contributed by atoms with Crippen molar-refractivity contribution < 1.29 is 0 Å². The van der Waals surface area contributed by atoms with Crippen LogP contribution in [0.4, 0.5) is 0 Å². The predicted octanol–water partition coefficient (Wildman–Crippen LogP) is 0.0377. The number of likely N-dealkylation sites (tertiary alicyclic amines) is 1. The molecule has 0 aliphatic carbocycles. The average Bonchev–Trinajstić information content (AvgIpc) is 1.85. The Morgan fingerprint density at radius 3 is 2.38 bits per heavy atom. The first-order valence-corrected chi connectivity index (χ1v) is 3.16. The van der Waals surface area contributed by atoms with Crippen molar-refractivity contribution in [1.29, 1.82) is 0 Å². The van der Waals surface area contributed by atoms with Crippen molar-refractivity contribution in [1.82, 2.24) is 4.90 Å². The molecule has 0 spiro atoms. The SMILES string of the molecule is C[C@H]1C[C@@H](N)CN1C. The van der Waals surface area contributed by atoms with Crippen LogP contribution in [0.2, 0.25) is 0 Å². The van der Waals surface area contributed by atoms with Crippen molar-refractivity contribution in [3.8, 4) is 0 Å². The first kappa shape index (κ1) is 6.05. The standard InChI is InChI=1S/C6H14N2/c1-5-3-6(7)4-8(5)2/h5-6H,3-4,7H2,1-2H3/t5-,6+/m0/s1. The zero-order valence-electron chi connectivity index (χ0n) is 5.59. The lowest BCUT2D eigenvalue weighted by molar-refractivity contribution is 0.329. The van der Waals surface area contributed by atoms with Crippen molar-refractivity contribution in [2.75, 3.05) is 13.6 Å². The fourth-order valence-electron chi connectivity index (χ4n) is 1.24. The van der Waals surface area contributed by atoms with Gasteiger partial charge >= 0.3 is 0 Å². The highest BCUT2D eigenvalue weighted by Gasteiger charge is 2.22. The Balaban J connectivity index is 2.39. The molecule has 1 heterocycles. The maximum absolute atomic E-state index is 5.67. The molecule has 0 bridgehead atoms. The van der Waals surface area contributed by atoms with E-state index < -0.39 is 0 Å². The van der Waals surface area contributed by atoms with E-state index in [-0.39, 0.29) is 0 Å². The zero-order valence-corrected chi connectivity index (χ0v) is 5.59. The lowest BCUT2D eigenvalue weighted by Gasteiger charge is -2.11. The van der Waals surface area contributed by atoms with Crippen LogP contribution >= 0.6 is 0 Å². The van der Waals surface area contributed by atoms with Crippen molar-refractivity contribution in [3.63, 3.8) is 0 Å². The van der Waals surface area contributed by atoms with Crippen LogP contribution < -0.4 is 5.73 Å². The average molecular weight is 114 g/mol. The van der Waals surface area contributed by atoms with Crippen LogP contribution in [-0.2, 0) is 0 Å². The Morgan fingerprint density at radius 1 is 1.62 bits per heavy atom. The van der Waals surface area contributed by atoms with E-state index >= 15 is 0 Å². The van der Waals surface area contributed by atoms with Gasteiger partial charge in [0.25, 0.3) is 0 Å². The minimum atomic E-state index is 0.426. The second-order valence-electron chi connectivity index (χ2n) is 2.78. The number of likely N-dealkylation sites (N-methyl/N-ethyl adjacent to an activating group) is 1. The summed E-state index contributed by atoms with van der Waals surface area (Å²) >= 11 is 0. The van der Waals surface area contributed by atoms with E-state index in [1.165, 1.54) is 0 Å². The molecule has 2 nitrogen and oxygen atoms in total. The predicted molar refractivity (Wildman–Crippen MR) is 34.7 cm³/mol. The number of nitrogens with two attached hydrogens (primary N) is 1. The Labute approximate surface area is 50.7 Å². The van der Waals surface area contributed by atoms with Gasteiger partial charge in [-0.25, -0.2) is 0 Å². The summed E-state index contributed by atoms with van der Waals surface area (Å²) in [6.07, 6.45) is 1.16. The number of nitrogens with zero attached hydrogens (tertiary/aromatic N) is 1. The van der Waals surface area contributed by atoms with Crippen molar-refractivity contribution in [2.45, 2.75) is 25.4 Å². The van der Waals surface area contributed by atoms with Crippen LogP contribution in [0.1, 0.15) is 13.3 Å². The van der Waals surface area contributed by atoms with Crippen LogP contribution in [0.25, 0.3) is 0 Å². The van der Waals surface area contributed by atoms with Crippen LogP contribution in [0.5, 0.6) is 0 Å². The highest BCUT2D eigenvalue weighted by atomic mass is 15.2. The van der Waals surface area contributed by atoms with Gasteiger partial charge in [-0.15, -0.1) is 0 Å². The third kappa shape index (κ3) is 1.01. The molecule has 48 valence electrons. The van der Waals surface area contributed by atoms with Gasteiger partial charge < -0.3 is 10.6 Å². The zero-order chi connectivity index (χ0) is 6.15. The molecule has 0 unspecified atom stereocenters. The molecule has 1 rings (SSSR count). The van der Waals surface area contributed by atoms with Gasteiger partial charge in [0.05, 0.1) is 0 Å². The molecule has 2 N–H and O–H groups in total. The molecular weight excluding hydrogens is 100 g/mol. The monoisotopic (exact) mass is 114 g/mol. The maximum atomic E-state index is 5.67. The first-order chi connectivity index (χ1) is 3.70. The van der Waals surface area contributed by atoms with Gasteiger partial charge in [0.2, 0.25) is 0 Å². The molecule has 2 atom stereocenters. The summed E-state index contributed by atoms with van der Waals surface area (Å²) in [4.78, 5) is 2.30. The van der Waals surface area contributed by atoms with E-state index in [1.54, 1.807) is 0 Å². The van der Waals surface area contributed by atoms with Crippen LogP contribution in [-0.4, -0.2) is 30.6 Å². The van der Waals surface area contributed by atoms with E-state index in [1.807, 2.05) is 0 Å². The molecule has 0 aromatic carbocycles. The number of rotatable bonds is 0. The number of hydrogen-bond acceptors (Lipinski definition) is 2. The molecule has 1 aliphatic heterocycles. The summed E-state index contributed by atoms with van der Waals surface area (Å²) in [6, 6.07) is 1.12. The maximum Gasteiger partial charge on any atom is 0.0182 e. The molecule has 0 amide bonds. The smallest absolute Gasteiger partial charge is 0.0182 e. The molecule has 1 aliphatic rings. The molecule has 2 heteroatoms. The Kier molecular flexibility index (Phi) is 1.54. The minimum absolute atomic E-state index is 0.426. The largest absolute Gasteiger partial charge is 0.326 e. The van der Waals surface area contributed by atoms with E-state index in [4.69, 9.17) is 5.73 Å². The summed E-state index contributed by atoms with van der Waals surface area (Å²) < 4.78 is 0. The van der Waals surface area contributed by atoms with E-state index in [0.717, 1.165) is 13.0 Å². The highest BCUT2D eigenvalue weighted by molar-refractivity contribution is 4.81. The third-order valence-corrected chi connectivity index (χ3v) is 1.92. The first-order valence-electron chi connectivity index (χ1n) is 3.16. The van der Waals surface area contributed by atoms with E-state index in [9.17, 15) is 0 Å². The quantitative estimate of drug-likeness (QED) is 0.481. The van der Waals surface area contributed by atoms with Crippen LogP contribution in [0, 0.1) is 0 Å². The van der Waals surface area contributed by atoms with E-state index in [2.05, 4.69) is 18.9 Å². The third-order valence-electron chi connectivity index (χ3n) is 1.92. The fraction of sp³-hybridized carbons (Fsp3) is 1.00. The highest BCUT2D eigenvalue weighted by Crippen LogP contribution is 2.11. The normalized spacial score (nSPS) is 40.9. The Morgan fingerprint density at radius 2 is 2.25 bits per heavy atom. The van der Waals surface area contributed by atoms with Gasteiger partial charge in [0.15, 0.2) is 0 Å². The molecular formula is C6H14N2. The molecule has 0 aromatic heterocycles. The second-order valence-corrected chi connectivity index (χ2v) is 2.78.